The van der Waals surface area contributed by atoms with Crippen LogP contribution in [-0.4, -0.2) is 44.1 Å². The lowest BCUT2D eigenvalue weighted by atomic mass is 10.2. The molecule has 36 heavy (non-hydrogen) atoms. The van der Waals surface area contributed by atoms with Gasteiger partial charge in [-0.1, -0.05) is 25.1 Å². The summed E-state index contributed by atoms with van der Waals surface area (Å²) in [5.41, 5.74) is 4.23. The van der Waals surface area contributed by atoms with Crippen molar-refractivity contribution in [2.45, 2.75) is 39.8 Å². The van der Waals surface area contributed by atoms with Crippen molar-refractivity contribution in [2.24, 2.45) is 0 Å². The number of aryl methyl sites for hydroxylation is 1. The summed E-state index contributed by atoms with van der Waals surface area (Å²) in [5.74, 6) is 2.18. The van der Waals surface area contributed by atoms with E-state index in [0.29, 0.717) is 60.7 Å². The number of nitrogens with zero attached hydrogens (tertiary/aromatic N) is 5. The first-order valence-corrected chi connectivity index (χ1v) is 12.3. The molecule has 0 bridgehead atoms. The molecule has 6 rings (SSSR count). The SMILES string of the molecule is CCOCCCn1c(CC)nc2c(c1=O)c1nc3ccccc3nc1n2Cc1ccc2c(c1)OCO2. The van der Waals surface area contributed by atoms with Gasteiger partial charge in [-0.2, -0.15) is 0 Å². The maximum atomic E-state index is 13.9. The van der Waals surface area contributed by atoms with E-state index in [1.807, 2.05) is 60.9 Å². The first kappa shape index (κ1) is 22.5. The van der Waals surface area contributed by atoms with Crippen LogP contribution in [0.1, 0.15) is 31.7 Å². The van der Waals surface area contributed by atoms with Crippen molar-refractivity contribution in [3.63, 3.8) is 0 Å². The Morgan fingerprint density at radius 3 is 2.56 bits per heavy atom. The standard InChI is InChI=1S/C27H27N5O4/c1-3-22-30-25-23(27(33)31(22)12-7-13-34-4-2)24-26(29-19-9-6-5-8-18(19)28-24)32(25)15-17-10-11-20-21(14-17)36-16-35-20/h5-6,8-11,14H,3-4,7,12-13,15-16H2,1-2H3. The summed E-state index contributed by atoms with van der Waals surface area (Å²) in [6.07, 6.45) is 1.37. The molecule has 0 unspecified atom stereocenters. The highest BCUT2D eigenvalue weighted by Gasteiger charge is 2.22. The third-order valence-corrected chi connectivity index (χ3v) is 6.50. The molecule has 1 aliphatic heterocycles. The van der Waals surface area contributed by atoms with Gasteiger partial charge in [-0.3, -0.25) is 9.36 Å². The maximum absolute atomic E-state index is 13.9. The van der Waals surface area contributed by atoms with Gasteiger partial charge in [0, 0.05) is 26.2 Å². The van der Waals surface area contributed by atoms with E-state index in [1.54, 1.807) is 4.57 Å². The van der Waals surface area contributed by atoms with E-state index in [-0.39, 0.29) is 12.4 Å². The quantitative estimate of drug-likeness (QED) is 0.306. The minimum atomic E-state index is -0.0904. The van der Waals surface area contributed by atoms with Crippen LogP contribution in [0.15, 0.2) is 47.3 Å². The van der Waals surface area contributed by atoms with Gasteiger partial charge in [0.05, 0.1) is 17.6 Å². The molecule has 5 aromatic rings. The first-order valence-electron chi connectivity index (χ1n) is 12.3. The van der Waals surface area contributed by atoms with Crippen LogP contribution in [0.25, 0.3) is 33.2 Å². The van der Waals surface area contributed by atoms with Crippen molar-refractivity contribution in [1.29, 1.82) is 0 Å². The van der Waals surface area contributed by atoms with Gasteiger partial charge in [0.2, 0.25) is 6.79 Å². The fraction of sp³-hybridized carbons (Fsp3) is 0.333. The Hall–Kier alpha value is -3.98. The number of para-hydroxylation sites is 2. The third kappa shape index (κ3) is 3.76. The Kier molecular flexibility index (Phi) is 5.77. The molecule has 2 aromatic carbocycles. The predicted molar refractivity (Wildman–Crippen MR) is 137 cm³/mol. The predicted octanol–water partition coefficient (Wildman–Crippen LogP) is 4.06. The highest BCUT2D eigenvalue weighted by atomic mass is 16.7. The monoisotopic (exact) mass is 485 g/mol. The molecule has 9 nitrogen and oxygen atoms in total. The molecule has 0 atom stereocenters. The molecule has 0 N–H and O–H groups in total. The molecule has 0 amide bonds. The van der Waals surface area contributed by atoms with Gasteiger partial charge in [-0.15, -0.1) is 0 Å². The summed E-state index contributed by atoms with van der Waals surface area (Å²) in [4.78, 5) is 28.7. The zero-order chi connectivity index (χ0) is 24.6. The summed E-state index contributed by atoms with van der Waals surface area (Å²) in [6, 6.07) is 13.6. The molecule has 0 saturated heterocycles. The van der Waals surface area contributed by atoms with Crippen molar-refractivity contribution in [2.75, 3.05) is 20.0 Å². The number of benzene rings is 2. The molecule has 0 fully saturated rings. The van der Waals surface area contributed by atoms with E-state index in [2.05, 4.69) is 0 Å². The number of hydrogen-bond donors (Lipinski definition) is 0. The molecule has 0 saturated carbocycles. The van der Waals surface area contributed by atoms with Gasteiger partial charge in [0.25, 0.3) is 5.56 Å². The van der Waals surface area contributed by atoms with Gasteiger partial charge in [0.15, 0.2) is 22.8 Å². The van der Waals surface area contributed by atoms with E-state index in [1.165, 1.54) is 0 Å². The fourth-order valence-corrected chi connectivity index (χ4v) is 4.78. The molecular formula is C27H27N5O4. The molecule has 3 aromatic heterocycles. The fourth-order valence-electron chi connectivity index (χ4n) is 4.78. The number of fused-ring (bicyclic) bond motifs is 5. The van der Waals surface area contributed by atoms with Gasteiger partial charge in [-0.25, -0.2) is 15.0 Å². The average molecular weight is 486 g/mol. The second-order valence-corrected chi connectivity index (χ2v) is 8.75. The summed E-state index contributed by atoms with van der Waals surface area (Å²) >= 11 is 0. The van der Waals surface area contributed by atoms with Gasteiger partial charge < -0.3 is 18.8 Å². The zero-order valence-electron chi connectivity index (χ0n) is 20.4. The number of aromatic nitrogens is 5. The molecular weight excluding hydrogens is 458 g/mol. The van der Waals surface area contributed by atoms with Gasteiger partial charge >= 0.3 is 0 Å². The molecule has 0 radical (unpaired) electrons. The summed E-state index contributed by atoms with van der Waals surface area (Å²) in [7, 11) is 0. The van der Waals surface area contributed by atoms with Crippen molar-refractivity contribution in [3.8, 4) is 11.5 Å². The Bertz CT molecular complexity index is 1660. The Balaban J connectivity index is 1.57. The Morgan fingerprint density at radius 2 is 1.75 bits per heavy atom. The second-order valence-electron chi connectivity index (χ2n) is 8.75. The normalized spacial score (nSPS) is 12.8. The second kappa shape index (κ2) is 9.23. The highest BCUT2D eigenvalue weighted by Crippen LogP contribution is 2.34. The van der Waals surface area contributed by atoms with E-state index in [4.69, 9.17) is 29.2 Å². The number of hydrogen-bond acceptors (Lipinski definition) is 7. The van der Waals surface area contributed by atoms with Crippen LogP contribution in [0.3, 0.4) is 0 Å². The summed E-state index contributed by atoms with van der Waals surface area (Å²) < 4.78 is 20.3. The molecule has 9 heteroatoms. The molecule has 0 spiro atoms. The van der Waals surface area contributed by atoms with E-state index in [9.17, 15) is 4.79 Å². The van der Waals surface area contributed by atoms with Gasteiger partial charge in [0.1, 0.15) is 16.7 Å². The van der Waals surface area contributed by atoms with Crippen molar-refractivity contribution < 1.29 is 14.2 Å². The van der Waals surface area contributed by atoms with Gasteiger partial charge in [-0.05, 0) is 43.2 Å². The van der Waals surface area contributed by atoms with E-state index >= 15 is 0 Å². The van der Waals surface area contributed by atoms with E-state index in [0.717, 1.165) is 34.6 Å². The number of rotatable bonds is 8. The maximum Gasteiger partial charge on any atom is 0.265 e. The third-order valence-electron chi connectivity index (χ3n) is 6.50. The van der Waals surface area contributed by atoms with Crippen LogP contribution < -0.4 is 15.0 Å². The minimum Gasteiger partial charge on any atom is -0.454 e. The summed E-state index contributed by atoms with van der Waals surface area (Å²) in [6.45, 7) is 6.46. The van der Waals surface area contributed by atoms with Crippen LogP contribution >= 0.6 is 0 Å². The van der Waals surface area contributed by atoms with E-state index < -0.39 is 0 Å². The Morgan fingerprint density at radius 1 is 0.944 bits per heavy atom. The summed E-state index contributed by atoms with van der Waals surface area (Å²) in [5, 5.41) is 0.498. The van der Waals surface area contributed by atoms with Crippen LogP contribution in [-0.2, 0) is 24.2 Å². The lowest BCUT2D eigenvalue weighted by Crippen LogP contribution is -2.26. The lowest BCUT2D eigenvalue weighted by Gasteiger charge is -2.12. The molecule has 1 aliphatic rings. The molecule has 4 heterocycles. The largest absolute Gasteiger partial charge is 0.454 e. The Labute approximate surface area is 207 Å². The van der Waals surface area contributed by atoms with Crippen LogP contribution in [0, 0.1) is 0 Å². The average Bonchev–Trinajstić information content (AvgIpc) is 3.48. The highest BCUT2D eigenvalue weighted by molar-refractivity contribution is 6.04. The minimum absolute atomic E-state index is 0.0904. The molecule has 0 aliphatic carbocycles. The topological polar surface area (TPSA) is 93.3 Å². The van der Waals surface area contributed by atoms with Crippen molar-refractivity contribution in [1.82, 2.24) is 24.1 Å². The van der Waals surface area contributed by atoms with Crippen molar-refractivity contribution >= 4 is 33.2 Å². The smallest absolute Gasteiger partial charge is 0.265 e. The molecule has 184 valence electrons. The van der Waals surface area contributed by atoms with Crippen molar-refractivity contribution in [3.05, 3.63) is 64.2 Å². The van der Waals surface area contributed by atoms with Crippen LogP contribution in [0.2, 0.25) is 0 Å². The number of ether oxygens (including phenoxy) is 3. The van der Waals surface area contributed by atoms with Crippen LogP contribution in [0.4, 0.5) is 0 Å². The zero-order valence-corrected chi connectivity index (χ0v) is 20.4. The first-order chi connectivity index (χ1) is 17.7. The lowest BCUT2D eigenvalue weighted by molar-refractivity contribution is 0.141. The van der Waals surface area contributed by atoms with Crippen LogP contribution in [0.5, 0.6) is 11.5 Å².